The van der Waals surface area contributed by atoms with Crippen LogP contribution < -0.4 is 5.73 Å². The second-order valence-corrected chi connectivity index (χ2v) is 4.15. The zero-order valence-electron chi connectivity index (χ0n) is 10.7. The van der Waals surface area contributed by atoms with Crippen molar-refractivity contribution in [3.63, 3.8) is 0 Å². The molecular weight excluding hydrogens is 186 g/mol. The lowest BCUT2D eigenvalue weighted by Gasteiger charge is -2.31. The van der Waals surface area contributed by atoms with E-state index in [1.807, 2.05) is 0 Å². The van der Waals surface area contributed by atoms with Gasteiger partial charge in [-0.15, -0.1) is 0 Å². The van der Waals surface area contributed by atoms with E-state index in [1.54, 1.807) is 0 Å². The van der Waals surface area contributed by atoms with Gasteiger partial charge in [-0.25, -0.2) is 0 Å². The SMILES string of the molecule is CCC(CC)CN(CC)C(CC)C(=N)N. The van der Waals surface area contributed by atoms with Gasteiger partial charge in [-0.05, 0) is 18.9 Å². The highest BCUT2D eigenvalue weighted by atomic mass is 15.2. The third-order valence-electron chi connectivity index (χ3n) is 3.24. The summed E-state index contributed by atoms with van der Waals surface area (Å²) in [5.41, 5.74) is 5.62. The van der Waals surface area contributed by atoms with Crippen molar-refractivity contribution in [1.29, 1.82) is 5.41 Å². The van der Waals surface area contributed by atoms with Crippen LogP contribution in [-0.2, 0) is 0 Å². The van der Waals surface area contributed by atoms with Crippen LogP contribution in [0.1, 0.15) is 47.0 Å². The van der Waals surface area contributed by atoms with E-state index in [4.69, 9.17) is 11.1 Å². The molecule has 1 unspecified atom stereocenters. The van der Waals surface area contributed by atoms with Crippen LogP contribution in [0.15, 0.2) is 0 Å². The van der Waals surface area contributed by atoms with E-state index in [0.29, 0.717) is 5.84 Å². The summed E-state index contributed by atoms with van der Waals surface area (Å²) in [6.07, 6.45) is 3.35. The third kappa shape index (κ3) is 4.65. The maximum atomic E-state index is 7.58. The number of hydrogen-bond donors (Lipinski definition) is 2. The standard InChI is InChI=1S/C12H27N3/c1-5-10(6-2)9-15(8-4)11(7-3)12(13)14/h10-11H,5-9H2,1-4H3,(H3,13,14). The molecule has 3 N–H and O–H groups in total. The predicted molar refractivity (Wildman–Crippen MR) is 67.3 cm³/mol. The van der Waals surface area contributed by atoms with Crippen LogP contribution in [0.2, 0.25) is 0 Å². The molecule has 90 valence electrons. The molecule has 0 aliphatic rings. The van der Waals surface area contributed by atoms with Gasteiger partial charge in [0.25, 0.3) is 0 Å². The Morgan fingerprint density at radius 1 is 1.13 bits per heavy atom. The third-order valence-corrected chi connectivity index (χ3v) is 3.24. The molecule has 3 nitrogen and oxygen atoms in total. The lowest BCUT2D eigenvalue weighted by atomic mass is 10.0. The lowest BCUT2D eigenvalue weighted by molar-refractivity contribution is 0.203. The zero-order valence-corrected chi connectivity index (χ0v) is 10.7. The van der Waals surface area contributed by atoms with Gasteiger partial charge in [0.15, 0.2) is 0 Å². The fourth-order valence-electron chi connectivity index (χ4n) is 2.03. The molecule has 0 saturated heterocycles. The Morgan fingerprint density at radius 3 is 1.93 bits per heavy atom. The van der Waals surface area contributed by atoms with Crippen molar-refractivity contribution in [3.05, 3.63) is 0 Å². The van der Waals surface area contributed by atoms with Gasteiger partial charge in [-0.1, -0.05) is 40.5 Å². The Balaban J connectivity index is 4.38. The van der Waals surface area contributed by atoms with E-state index < -0.39 is 0 Å². The Kier molecular flexibility index (Phi) is 7.39. The molecule has 1 atom stereocenters. The van der Waals surface area contributed by atoms with Crippen LogP contribution in [0.5, 0.6) is 0 Å². The molecule has 0 amide bonds. The molecule has 3 heteroatoms. The number of hydrogen-bond acceptors (Lipinski definition) is 2. The normalized spacial score (nSPS) is 13.5. The van der Waals surface area contributed by atoms with Crippen LogP contribution >= 0.6 is 0 Å². The van der Waals surface area contributed by atoms with Crippen molar-refractivity contribution in [1.82, 2.24) is 4.90 Å². The van der Waals surface area contributed by atoms with Gasteiger partial charge in [0.2, 0.25) is 0 Å². The molecule has 0 aromatic rings. The number of nitrogens with zero attached hydrogens (tertiary/aromatic N) is 1. The van der Waals surface area contributed by atoms with Crippen molar-refractivity contribution >= 4 is 5.84 Å². The maximum absolute atomic E-state index is 7.58. The molecule has 0 aliphatic heterocycles. The largest absolute Gasteiger partial charge is 0.386 e. The molecule has 0 aromatic heterocycles. The Bertz CT molecular complexity index is 176. The summed E-state index contributed by atoms with van der Waals surface area (Å²) in [5, 5.41) is 7.58. The Hall–Kier alpha value is -0.570. The van der Waals surface area contributed by atoms with E-state index in [1.165, 1.54) is 12.8 Å². The van der Waals surface area contributed by atoms with E-state index in [-0.39, 0.29) is 6.04 Å². The molecular formula is C12H27N3. The highest BCUT2D eigenvalue weighted by molar-refractivity contribution is 5.82. The van der Waals surface area contributed by atoms with Crippen LogP contribution in [0, 0.1) is 11.3 Å². The van der Waals surface area contributed by atoms with Crippen molar-refractivity contribution in [3.8, 4) is 0 Å². The van der Waals surface area contributed by atoms with Crippen LogP contribution in [0.4, 0.5) is 0 Å². The molecule has 0 aliphatic carbocycles. The highest BCUT2D eigenvalue weighted by Gasteiger charge is 2.20. The molecule has 0 heterocycles. The first-order valence-electron chi connectivity index (χ1n) is 6.18. The molecule has 0 rings (SSSR count). The Labute approximate surface area is 94.5 Å². The number of nitrogens with one attached hydrogen (secondary N) is 1. The quantitative estimate of drug-likeness (QED) is 0.481. The van der Waals surface area contributed by atoms with E-state index >= 15 is 0 Å². The second kappa shape index (κ2) is 7.69. The molecule has 0 fully saturated rings. The zero-order chi connectivity index (χ0) is 11.8. The van der Waals surface area contributed by atoms with Gasteiger partial charge in [0.05, 0.1) is 6.04 Å². The van der Waals surface area contributed by atoms with Crippen LogP contribution in [0.25, 0.3) is 0 Å². The number of rotatable bonds is 8. The summed E-state index contributed by atoms with van der Waals surface area (Å²) >= 11 is 0. The first-order valence-corrected chi connectivity index (χ1v) is 6.18. The van der Waals surface area contributed by atoms with Crippen molar-refractivity contribution in [2.24, 2.45) is 11.7 Å². The van der Waals surface area contributed by atoms with Gasteiger partial charge in [0, 0.05) is 6.54 Å². The molecule has 15 heavy (non-hydrogen) atoms. The van der Waals surface area contributed by atoms with E-state index in [0.717, 1.165) is 25.4 Å². The summed E-state index contributed by atoms with van der Waals surface area (Å²) in [7, 11) is 0. The first kappa shape index (κ1) is 14.4. The van der Waals surface area contributed by atoms with Gasteiger partial charge in [0.1, 0.15) is 5.84 Å². The van der Waals surface area contributed by atoms with Crippen molar-refractivity contribution < 1.29 is 0 Å². The average Bonchev–Trinajstić information content (AvgIpc) is 2.23. The summed E-state index contributed by atoms with van der Waals surface area (Å²) in [6.45, 7) is 10.8. The minimum absolute atomic E-state index is 0.135. The van der Waals surface area contributed by atoms with Crippen LogP contribution in [-0.4, -0.2) is 29.9 Å². The van der Waals surface area contributed by atoms with Crippen LogP contribution in [0.3, 0.4) is 0 Å². The second-order valence-electron chi connectivity index (χ2n) is 4.15. The van der Waals surface area contributed by atoms with Gasteiger partial charge < -0.3 is 5.73 Å². The van der Waals surface area contributed by atoms with E-state index in [9.17, 15) is 0 Å². The van der Waals surface area contributed by atoms with Gasteiger partial charge >= 0.3 is 0 Å². The maximum Gasteiger partial charge on any atom is 0.108 e. The van der Waals surface area contributed by atoms with Gasteiger partial charge in [-0.2, -0.15) is 0 Å². The fraction of sp³-hybridized carbons (Fsp3) is 0.917. The Morgan fingerprint density at radius 2 is 1.67 bits per heavy atom. The molecule has 0 saturated carbocycles. The lowest BCUT2D eigenvalue weighted by Crippen LogP contribution is -2.45. The summed E-state index contributed by atoms with van der Waals surface area (Å²) in [4.78, 5) is 2.33. The number of nitrogens with two attached hydrogens (primary N) is 1. The monoisotopic (exact) mass is 213 g/mol. The molecule has 0 spiro atoms. The topological polar surface area (TPSA) is 53.1 Å². The predicted octanol–water partition coefficient (Wildman–Crippen LogP) is 2.46. The minimum Gasteiger partial charge on any atom is -0.386 e. The fourth-order valence-corrected chi connectivity index (χ4v) is 2.03. The highest BCUT2D eigenvalue weighted by Crippen LogP contribution is 2.13. The number of likely N-dealkylation sites (N-methyl/N-ethyl adjacent to an activating group) is 1. The van der Waals surface area contributed by atoms with E-state index in [2.05, 4.69) is 32.6 Å². The first-order chi connectivity index (χ1) is 7.10. The molecule has 0 aromatic carbocycles. The summed E-state index contributed by atoms with van der Waals surface area (Å²) in [6, 6.07) is 0.135. The molecule has 0 bridgehead atoms. The minimum atomic E-state index is 0.135. The smallest absolute Gasteiger partial charge is 0.108 e. The average molecular weight is 213 g/mol. The number of amidine groups is 1. The van der Waals surface area contributed by atoms with Crippen molar-refractivity contribution in [2.75, 3.05) is 13.1 Å². The summed E-state index contributed by atoms with van der Waals surface area (Å²) in [5.74, 6) is 1.05. The summed E-state index contributed by atoms with van der Waals surface area (Å²) < 4.78 is 0. The molecule has 0 radical (unpaired) electrons. The van der Waals surface area contributed by atoms with Gasteiger partial charge in [-0.3, -0.25) is 10.3 Å². The van der Waals surface area contributed by atoms with Crippen molar-refractivity contribution in [2.45, 2.75) is 53.0 Å².